The van der Waals surface area contributed by atoms with Crippen molar-refractivity contribution in [2.75, 3.05) is 33.2 Å². The van der Waals surface area contributed by atoms with Crippen molar-refractivity contribution in [3.8, 4) is 0 Å². The van der Waals surface area contributed by atoms with Gasteiger partial charge in [0.2, 0.25) is 5.91 Å². The first-order chi connectivity index (χ1) is 8.18. The van der Waals surface area contributed by atoms with E-state index in [9.17, 15) is 4.79 Å². The molecular formula is C14H20N2O. The monoisotopic (exact) mass is 232 g/mol. The van der Waals surface area contributed by atoms with Crippen LogP contribution in [0.3, 0.4) is 0 Å². The van der Waals surface area contributed by atoms with Crippen molar-refractivity contribution < 1.29 is 4.79 Å². The molecule has 0 N–H and O–H groups in total. The molecule has 3 heteroatoms. The third-order valence-electron chi connectivity index (χ3n) is 3.48. The van der Waals surface area contributed by atoms with Crippen LogP contribution in [-0.2, 0) is 4.79 Å². The smallest absolute Gasteiger partial charge is 0.229 e. The van der Waals surface area contributed by atoms with Gasteiger partial charge in [0.05, 0.1) is 5.92 Å². The number of rotatable bonds is 2. The number of carbonyl (C=O) groups is 1. The summed E-state index contributed by atoms with van der Waals surface area (Å²) in [7, 11) is 2.10. The normalized spacial score (nSPS) is 19.1. The van der Waals surface area contributed by atoms with E-state index in [1.807, 2.05) is 42.2 Å². The molecule has 1 saturated heterocycles. The van der Waals surface area contributed by atoms with Gasteiger partial charge >= 0.3 is 0 Å². The van der Waals surface area contributed by atoms with Gasteiger partial charge in [-0.15, -0.1) is 0 Å². The van der Waals surface area contributed by atoms with Crippen molar-refractivity contribution in [3.63, 3.8) is 0 Å². The lowest BCUT2D eigenvalue weighted by atomic mass is 9.99. The van der Waals surface area contributed by atoms with Crippen LogP contribution in [0.1, 0.15) is 18.4 Å². The van der Waals surface area contributed by atoms with Crippen molar-refractivity contribution in [3.05, 3.63) is 35.9 Å². The highest BCUT2D eigenvalue weighted by atomic mass is 16.2. The van der Waals surface area contributed by atoms with Crippen molar-refractivity contribution in [2.24, 2.45) is 0 Å². The predicted octanol–water partition coefficient (Wildman–Crippen LogP) is 1.56. The summed E-state index contributed by atoms with van der Waals surface area (Å²) in [6.45, 7) is 5.66. The van der Waals surface area contributed by atoms with E-state index in [-0.39, 0.29) is 11.8 Å². The third-order valence-corrected chi connectivity index (χ3v) is 3.48. The Morgan fingerprint density at radius 2 is 1.71 bits per heavy atom. The van der Waals surface area contributed by atoms with Gasteiger partial charge in [-0.05, 0) is 19.5 Å². The molecule has 2 rings (SSSR count). The van der Waals surface area contributed by atoms with Crippen LogP contribution in [0.15, 0.2) is 30.3 Å². The second kappa shape index (κ2) is 5.32. The molecule has 1 heterocycles. The Kier molecular flexibility index (Phi) is 3.79. The second-order valence-corrected chi connectivity index (χ2v) is 4.76. The van der Waals surface area contributed by atoms with Crippen molar-refractivity contribution >= 4 is 5.91 Å². The summed E-state index contributed by atoms with van der Waals surface area (Å²) < 4.78 is 0. The van der Waals surface area contributed by atoms with Crippen LogP contribution >= 0.6 is 0 Å². The lowest BCUT2D eigenvalue weighted by Crippen LogP contribution is -2.48. The molecule has 92 valence electrons. The van der Waals surface area contributed by atoms with Crippen LogP contribution in [0, 0.1) is 0 Å². The van der Waals surface area contributed by atoms with Crippen molar-refractivity contribution in [1.82, 2.24) is 9.80 Å². The second-order valence-electron chi connectivity index (χ2n) is 4.76. The number of hydrogen-bond acceptors (Lipinski definition) is 2. The molecule has 0 aliphatic carbocycles. The highest BCUT2D eigenvalue weighted by Crippen LogP contribution is 2.18. The summed E-state index contributed by atoms with van der Waals surface area (Å²) in [4.78, 5) is 16.6. The molecule has 1 aliphatic heterocycles. The van der Waals surface area contributed by atoms with E-state index in [1.54, 1.807) is 0 Å². The Morgan fingerprint density at radius 3 is 2.29 bits per heavy atom. The highest BCUT2D eigenvalue weighted by Gasteiger charge is 2.24. The van der Waals surface area contributed by atoms with Crippen molar-refractivity contribution in [1.29, 1.82) is 0 Å². The van der Waals surface area contributed by atoms with Gasteiger partial charge in [-0.1, -0.05) is 30.3 Å². The van der Waals surface area contributed by atoms with Gasteiger partial charge in [-0.3, -0.25) is 4.79 Å². The first-order valence-electron chi connectivity index (χ1n) is 6.21. The van der Waals surface area contributed by atoms with Gasteiger partial charge < -0.3 is 9.80 Å². The average molecular weight is 232 g/mol. The molecule has 1 fully saturated rings. The highest BCUT2D eigenvalue weighted by molar-refractivity contribution is 5.83. The van der Waals surface area contributed by atoms with Gasteiger partial charge in [-0.25, -0.2) is 0 Å². The summed E-state index contributed by atoms with van der Waals surface area (Å²) in [5.41, 5.74) is 1.11. The maximum absolute atomic E-state index is 12.3. The fraction of sp³-hybridized carbons (Fsp3) is 0.500. The quantitative estimate of drug-likeness (QED) is 0.772. The van der Waals surface area contributed by atoms with Crippen LogP contribution in [0.25, 0.3) is 0 Å². The molecule has 17 heavy (non-hydrogen) atoms. The Morgan fingerprint density at radius 1 is 1.12 bits per heavy atom. The molecule has 0 aromatic heterocycles. The van der Waals surface area contributed by atoms with Gasteiger partial charge in [-0.2, -0.15) is 0 Å². The number of amides is 1. The number of piperazine rings is 1. The zero-order chi connectivity index (χ0) is 12.3. The van der Waals surface area contributed by atoms with Gasteiger partial charge in [0.25, 0.3) is 0 Å². The largest absolute Gasteiger partial charge is 0.340 e. The predicted molar refractivity (Wildman–Crippen MR) is 68.9 cm³/mol. The lowest BCUT2D eigenvalue weighted by molar-refractivity contribution is -0.134. The molecule has 1 aliphatic rings. The third kappa shape index (κ3) is 2.86. The van der Waals surface area contributed by atoms with Gasteiger partial charge in [0, 0.05) is 26.2 Å². The maximum atomic E-state index is 12.3. The van der Waals surface area contributed by atoms with E-state index in [0.29, 0.717) is 0 Å². The molecule has 0 spiro atoms. The SMILES string of the molecule is C[C@H](C(=O)N1CCN(C)CC1)c1ccccc1. The number of hydrogen-bond donors (Lipinski definition) is 0. The fourth-order valence-electron chi connectivity index (χ4n) is 2.18. The minimum Gasteiger partial charge on any atom is -0.340 e. The maximum Gasteiger partial charge on any atom is 0.229 e. The van der Waals surface area contributed by atoms with E-state index >= 15 is 0 Å². The lowest BCUT2D eigenvalue weighted by Gasteiger charge is -2.34. The van der Waals surface area contributed by atoms with Crippen molar-refractivity contribution in [2.45, 2.75) is 12.8 Å². The molecule has 0 bridgehead atoms. The summed E-state index contributed by atoms with van der Waals surface area (Å²) in [5.74, 6) is 0.226. The van der Waals surface area contributed by atoms with E-state index in [0.717, 1.165) is 31.7 Å². The number of likely N-dealkylation sites (N-methyl/N-ethyl adjacent to an activating group) is 1. The summed E-state index contributed by atoms with van der Waals surface area (Å²) in [6.07, 6.45) is 0. The Bertz CT molecular complexity index is 369. The molecule has 0 saturated carbocycles. The van der Waals surface area contributed by atoms with E-state index in [1.165, 1.54) is 0 Å². The standard InChI is InChI=1S/C14H20N2O/c1-12(13-6-4-3-5-7-13)14(17)16-10-8-15(2)9-11-16/h3-7,12H,8-11H2,1-2H3/t12-/m0/s1. The molecular weight excluding hydrogens is 212 g/mol. The van der Waals surface area contributed by atoms with Gasteiger partial charge in [0.15, 0.2) is 0 Å². The zero-order valence-corrected chi connectivity index (χ0v) is 10.6. The summed E-state index contributed by atoms with van der Waals surface area (Å²) in [5, 5.41) is 0. The van der Waals surface area contributed by atoms with Gasteiger partial charge in [0.1, 0.15) is 0 Å². The first kappa shape index (κ1) is 12.1. The molecule has 3 nitrogen and oxygen atoms in total. The molecule has 0 unspecified atom stereocenters. The molecule has 0 radical (unpaired) electrons. The number of carbonyl (C=O) groups excluding carboxylic acids is 1. The van der Waals surface area contributed by atoms with Crippen LogP contribution in [0.2, 0.25) is 0 Å². The van der Waals surface area contributed by atoms with Crippen LogP contribution in [0.5, 0.6) is 0 Å². The Hall–Kier alpha value is -1.35. The molecule has 1 amide bonds. The fourth-order valence-corrected chi connectivity index (χ4v) is 2.18. The molecule has 1 aromatic rings. The first-order valence-corrected chi connectivity index (χ1v) is 6.21. The number of benzene rings is 1. The van der Waals surface area contributed by atoms with E-state index < -0.39 is 0 Å². The van der Waals surface area contributed by atoms with Crippen LogP contribution < -0.4 is 0 Å². The summed E-state index contributed by atoms with van der Waals surface area (Å²) >= 11 is 0. The molecule has 1 atom stereocenters. The Balaban J connectivity index is 2.00. The van der Waals surface area contributed by atoms with E-state index in [4.69, 9.17) is 0 Å². The van der Waals surface area contributed by atoms with E-state index in [2.05, 4.69) is 11.9 Å². The minimum atomic E-state index is -0.0281. The van der Waals surface area contributed by atoms with Crippen LogP contribution in [0.4, 0.5) is 0 Å². The van der Waals surface area contributed by atoms with Crippen LogP contribution in [-0.4, -0.2) is 48.9 Å². The number of nitrogens with zero attached hydrogens (tertiary/aromatic N) is 2. The zero-order valence-electron chi connectivity index (χ0n) is 10.6. The summed E-state index contributed by atoms with van der Waals surface area (Å²) in [6, 6.07) is 10.0. The molecule has 1 aromatic carbocycles. The average Bonchev–Trinajstić information content (AvgIpc) is 2.39. The minimum absolute atomic E-state index is 0.0281. The Labute approximate surface area is 103 Å². The topological polar surface area (TPSA) is 23.6 Å².